The molecule has 1 saturated carbocycles. The van der Waals surface area contributed by atoms with Crippen LogP contribution in [-0.4, -0.2) is 48.7 Å². The number of halogens is 1. The van der Waals surface area contributed by atoms with Gasteiger partial charge in [0.2, 0.25) is 11.8 Å². The van der Waals surface area contributed by atoms with Crippen molar-refractivity contribution in [2.45, 2.75) is 69.0 Å². The van der Waals surface area contributed by atoms with Gasteiger partial charge < -0.3 is 10.2 Å². The number of nitro groups is 1. The predicted molar refractivity (Wildman–Crippen MR) is 160 cm³/mol. The van der Waals surface area contributed by atoms with Gasteiger partial charge in [-0.15, -0.1) is 0 Å². The van der Waals surface area contributed by atoms with E-state index >= 15 is 0 Å². The number of non-ortho nitro benzene ring substituents is 1. The summed E-state index contributed by atoms with van der Waals surface area (Å²) in [7, 11) is -4.30. The third-order valence-electron chi connectivity index (χ3n) is 7.56. The maximum absolute atomic E-state index is 14.1. The lowest BCUT2D eigenvalue weighted by Gasteiger charge is -2.34. The molecule has 1 atom stereocenters. The molecule has 0 spiro atoms. The molecule has 43 heavy (non-hydrogen) atoms. The number of anilines is 1. The molecule has 4 rings (SSSR count). The first-order chi connectivity index (χ1) is 20.6. The summed E-state index contributed by atoms with van der Waals surface area (Å²) in [5.74, 6) is -1.45. The summed E-state index contributed by atoms with van der Waals surface area (Å²) in [5, 5.41) is 14.3. The molecule has 0 aromatic heterocycles. The van der Waals surface area contributed by atoms with Crippen molar-refractivity contribution >= 4 is 33.2 Å². The van der Waals surface area contributed by atoms with E-state index in [1.54, 1.807) is 25.1 Å². The Morgan fingerprint density at radius 1 is 0.977 bits per heavy atom. The van der Waals surface area contributed by atoms with Gasteiger partial charge in [0.25, 0.3) is 15.7 Å². The van der Waals surface area contributed by atoms with Crippen LogP contribution >= 0.6 is 0 Å². The van der Waals surface area contributed by atoms with E-state index in [0.717, 1.165) is 48.5 Å². The summed E-state index contributed by atoms with van der Waals surface area (Å²) in [4.78, 5) is 39.5. The van der Waals surface area contributed by atoms with Gasteiger partial charge >= 0.3 is 0 Å². The Hall–Kier alpha value is -4.32. The van der Waals surface area contributed by atoms with Crippen molar-refractivity contribution in [2.24, 2.45) is 0 Å². The Morgan fingerprint density at radius 2 is 1.60 bits per heavy atom. The minimum absolute atomic E-state index is 0.00635. The predicted octanol–water partition coefficient (Wildman–Crippen LogP) is 5.19. The zero-order valence-corrected chi connectivity index (χ0v) is 24.7. The fourth-order valence-electron chi connectivity index (χ4n) is 5.24. The number of nitrogens with one attached hydrogen (secondary N) is 1. The molecule has 0 bridgehead atoms. The molecule has 1 aliphatic rings. The summed E-state index contributed by atoms with van der Waals surface area (Å²) in [6.45, 7) is 1.03. The molecule has 0 unspecified atom stereocenters. The number of rotatable bonds is 12. The smallest absolute Gasteiger partial charge is 0.269 e. The highest BCUT2D eigenvalue weighted by Crippen LogP contribution is 2.27. The van der Waals surface area contributed by atoms with Gasteiger partial charge in [-0.1, -0.05) is 56.5 Å². The first-order valence-electron chi connectivity index (χ1n) is 14.3. The topological polar surface area (TPSA) is 130 Å². The van der Waals surface area contributed by atoms with Gasteiger partial charge in [-0.25, -0.2) is 12.8 Å². The standard InChI is InChI=1S/C31H35FN4O6S/c1-2-29(31(38)33-25-9-5-3-6-10-25)34(21-23-13-15-24(32)16-14-23)30(37)22-35(26-17-19-27(20-18-26)36(39)40)43(41,42)28-11-7-4-8-12-28/h4,7-8,11-20,25,29H,2-3,5-6,9-10,21-22H2,1H3,(H,33,38)/t29-/m1/s1. The first-order valence-corrected chi connectivity index (χ1v) is 15.7. The quantitative estimate of drug-likeness (QED) is 0.222. The van der Waals surface area contributed by atoms with E-state index in [9.17, 15) is 32.5 Å². The van der Waals surface area contributed by atoms with Gasteiger partial charge in [0.1, 0.15) is 18.4 Å². The van der Waals surface area contributed by atoms with Gasteiger partial charge in [0, 0.05) is 24.7 Å². The summed E-state index contributed by atoms with van der Waals surface area (Å²) < 4.78 is 42.2. The summed E-state index contributed by atoms with van der Waals surface area (Å²) in [5.41, 5.74) is 0.367. The number of carbonyl (C=O) groups is 2. The van der Waals surface area contributed by atoms with Crippen LogP contribution in [0.2, 0.25) is 0 Å². The van der Waals surface area contributed by atoms with Crippen molar-refractivity contribution in [3.63, 3.8) is 0 Å². The lowest BCUT2D eigenvalue weighted by atomic mass is 9.95. The second-order valence-corrected chi connectivity index (χ2v) is 12.4. The Labute approximate surface area is 250 Å². The lowest BCUT2D eigenvalue weighted by molar-refractivity contribution is -0.384. The number of nitrogens with zero attached hydrogens (tertiary/aromatic N) is 3. The second kappa shape index (κ2) is 14.2. The third kappa shape index (κ3) is 7.95. The minimum atomic E-state index is -4.30. The van der Waals surface area contributed by atoms with E-state index in [0.29, 0.717) is 5.56 Å². The fraction of sp³-hybridized carbons (Fsp3) is 0.355. The van der Waals surface area contributed by atoms with Crippen LogP contribution in [-0.2, 0) is 26.2 Å². The van der Waals surface area contributed by atoms with Crippen molar-refractivity contribution in [3.8, 4) is 0 Å². The first kappa shape index (κ1) is 31.6. The van der Waals surface area contributed by atoms with Gasteiger partial charge in [0.15, 0.2) is 0 Å². The summed E-state index contributed by atoms with van der Waals surface area (Å²) in [6.07, 6.45) is 5.05. The van der Waals surface area contributed by atoms with Crippen LogP contribution in [0.15, 0.2) is 83.8 Å². The zero-order chi connectivity index (χ0) is 31.0. The Bertz CT molecular complexity index is 1510. The van der Waals surface area contributed by atoms with Crippen LogP contribution in [0.1, 0.15) is 51.0 Å². The fourth-order valence-corrected chi connectivity index (χ4v) is 6.67. The van der Waals surface area contributed by atoms with Crippen molar-refractivity contribution in [1.29, 1.82) is 0 Å². The summed E-state index contributed by atoms with van der Waals surface area (Å²) in [6, 6.07) is 17.0. The number of carbonyl (C=O) groups excluding carboxylic acids is 2. The maximum atomic E-state index is 14.1. The van der Waals surface area contributed by atoms with Gasteiger partial charge in [-0.3, -0.25) is 24.0 Å². The molecule has 10 nitrogen and oxygen atoms in total. The highest BCUT2D eigenvalue weighted by atomic mass is 32.2. The van der Waals surface area contributed by atoms with Crippen LogP contribution in [0, 0.1) is 15.9 Å². The van der Waals surface area contributed by atoms with Crippen LogP contribution in [0.4, 0.5) is 15.8 Å². The number of nitro benzene ring substituents is 1. The molecule has 3 aromatic carbocycles. The van der Waals surface area contributed by atoms with Crippen molar-refractivity contribution in [1.82, 2.24) is 10.2 Å². The molecule has 0 heterocycles. The van der Waals surface area contributed by atoms with E-state index < -0.39 is 39.3 Å². The molecule has 2 amide bonds. The van der Waals surface area contributed by atoms with E-state index in [-0.39, 0.29) is 41.2 Å². The molecule has 0 saturated heterocycles. The van der Waals surface area contributed by atoms with Crippen LogP contribution in [0.3, 0.4) is 0 Å². The average molecular weight is 611 g/mol. The molecule has 1 fully saturated rings. The lowest BCUT2D eigenvalue weighted by Crippen LogP contribution is -2.54. The molecular weight excluding hydrogens is 575 g/mol. The molecule has 1 aliphatic carbocycles. The number of sulfonamides is 1. The van der Waals surface area contributed by atoms with Gasteiger partial charge in [-0.2, -0.15) is 0 Å². The minimum Gasteiger partial charge on any atom is -0.352 e. The average Bonchev–Trinajstić information content (AvgIpc) is 3.01. The summed E-state index contributed by atoms with van der Waals surface area (Å²) >= 11 is 0. The Morgan fingerprint density at radius 3 is 2.19 bits per heavy atom. The molecule has 228 valence electrons. The normalized spacial score (nSPS) is 14.5. The van der Waals surface area contributed by atoms with E-state index in [2.05, 4.69) is 5.32 Å². The molecule has 1 N–H and O–H groups in total. The highest BCUT2D eigenvalue weighted by Gasteiger charge is 2.34. The third-order valence-corrected chi connectivity index (χ3v) is 9.35. The number of amides is 2. The molecule has 0 aliphatic heterocycles. The highest BCUT2D eigenvalue weighted by molar-refractivity contribution is 7.92. The van der Waals surface area contributed by atoms with Crippen molar-refractivity contribution in [3.05, 3.63) is 100 Å². The van der Waals surface area contributed by atoms with Crippen LogP contribution in [0.5, 0.6) is 0 Å². The number of benzene rings is 3. The van der Waals surface area contributed by atoms with Gasteiger partial charge in [-0.05, 0) is 61.2 Å². The van der Waals surface area contributed by atoms with Crippen LogP contribution < -0.4 is 9.62 Å². The molecular formula is C31H35FN4O6S. The SMILES string of the molecule is CC[C@H](C(=O)NC1CCCCC1)N(Cc1ccc(F)cc1)C(=O)CN(c1ccc([N+](=O)[O-])cc1)S(=O)(=O)c1ccccc1. The molecule has 12 heteroatoms. The van der Waals surface area contributed by atoms with Gasteiger partial charge in [0.05, 0.1) is 15.5 Å². The van der Waals surface area contributed by atoms with Crippen molar-refractivity contribution in [2.75, 3.05) is 10.8 Å². The zero-order valence-electron chi connectivity index (χ0n) is 23.9. The van der Waals surface area contributed by atoms with Crippen molar-refractivity contribution < 1.29 is 27.3 Å². The largest absolute Gasteiger partial charge is 0.352 e. The monoisotopic (exact) mass is 610 g/mol. The second-order valence-electron chi connectivity index (χ2n) is 10.5. The number of hydrogen-bond acceptors (Lipinski definition) is 6. The molecule has 3 aromatic rings. The Balaban J connectivity index is 1.70. The maximum Gasteiger partial charge on any atom is 0.269 e. The number of hydrogen-bond donors (Lipinski definition) is 1. The van der Waals surface area contributed by atoms with E-state index in [1.165, 1.54) is 53.4 Å². The Kier molecular flexibility index (Phi) is 10.5. The van der Waals surface area contributed by atoms with E-state index in [1.807, 2.05) is 0 Å². The van der Waals surface area contributed by atoms with E-state index in [4.69, 9.17) is 0 Å². The van der Waals surface area contributed by atoms with Crippen LogP contribution in [0.25, 0.3) is 0 Å². The molecule has 0 radical (unpaired) electrons.